The van der Waals surface area contributed by atoms with Crippen molar-refractivity contribution in [3.8, 4) is 11.8 Å². The number of carbonyl (C=O) groups is 1. The van der Waals surface area contributed by atoms with E-state index in [9.17, 15) is 4.79 Å². The Morgan fingerprint density at radius 1 is 1.41 bits per heavy atom. The van der Waals surface area contributed by atoms with Crippen LogP contribution in [0.5, 0.6) is 5.75 Å². The third kappa shape index (κ3) is 3.21. The summed E-state index contributed by atoms with van der Waals surface area (Å²) in [5.41, 5.74) is 2.76. The SMILES string of the molecule is COC(=O)C(C#N)=NNc1ccccc1OC. The van der Waals surface area contributed by atoms with Crippen LogP contribution in [0.3, 0.4) is 0 Å². The van der Waals surface area contributed by atoms with Gasteiger partial charge in [0.15, 0.2) is 0 Å². The maximum absolute atomic E-state index is 11.1. The van der Waals surface area contributed by atoms with Crippen LogP contribution in [-0.2, 0) is 9.53 Å². The summed E-state index contributed by atoms with van der Waals surface area (Å²) < 4.78 is 9.45. The zero-order chi connectivity index (χ0) is 12.7. The lowest BCUT2D eigenvalue weighted by Crippen LogP contribution is -2.15. The van der Waals surface area contributed by atoms with Crippen LogP contribution in [0.25, 0.3) is 0 Å². The lowest BCUT2D eigenvalue weighted by atomic mass is 10.3. The molecule has 6 heteroatoms. The van der Waals surface area contributed by atoms with E-state index in [2.05, 4.69) is 15.3 Å². The van der Waals surface area contributed by atoms with Crippen LogP contribution in [0.2, 0.25) is 0 Å². The molecular formula is C11H11N3O3. The molecule has 0 saturated heterocycles. The van der Waals surface area contributed by atoms with E-state index >= 15 is 0 Å². The lowest BCUT2D eigenvalue weighted by Gasteiger charge is -2.06. The largest absolute Gasteiger partial charge is 0.495 e. The number of rotatable bonds is 4. The molecule has 0 aliphatic carbocycles. The summed E-state index contributed by atoms with van der Waals surface area (Å²) in [4.78, 5) is 11.1. The zero-order valence-electron chi connectivity index (χ0n) is 9.43. The van der Waals surface area contributed by atoms with Crippen LogP contribution >= 0.6 is 0 Å². The Hall–Kier alpha value is -2.55. The van der Waals surface area contributed by atoms with E-state index in [0.717, 1.165) is 0 Å². The van der Waals surface area contributed by atoms with Crippen molar-refractivity contribution in [2.75, 3.05) is 19.6 Å². The van der Waals surface area contributed by atoms with Gasteiger partial charge in [-0.1, -0.05) is 12.1 Å². The molecule has 1 rings (SSSR count). The van der Waals surface area contributed by atoms with Gasteiger partial charge in [-0.3, -0.25) is 5.43 Å². The first-order valence-electron chi connectivity index (χ1n) is 4.68. The molecule has 0 saturated carbocycles. The van der Waals surface area contributed by atoms with E-state index in [1.165, 1.54) is 14.2 Å². The number of carbonyl (C=O) groups excluding carboxylic acids is 1. The van der Waals surface area contributed by atoms with Crippen molar-refractivity contribution in [1.82, 2.24) is 0 Å². The van der Waals surface area contributed by atoms with E-state index in [1.54, 1.807) is 30.3 Å². The minimum absolute atomic E-state index is 0.363. The molecule has 0 amide bonds. The second-order valence-electron chi connectivity index (χ2n) is 2.88. The molecule has 0 atom stereocenters. The number of ether oxygens (including phenoxy) is 2. The molecule has 0 aliphatic heterocycles. The zero-order valence-corrected chi connectivity index (χ0v) is 9.43. The summed E-state index contributed by atoms with van der Waals surface area (Å²) in [7, 11) is 2.69. The summed E-state index contributed by atoms with van der Waals surface area (Å²) in [5, 5.41) is 12.3. The number of nitrogens with zero attached hydrogens (tertiary/aromatic N) is 2. The van der Waals surface area contributed by atoms with E-state index in [4.69, 9.17) is 10.00 Å². The minimum atomic E-state index is -0.796. The van der Waals surface area contributed by atoms with Crippen molar-refractivity contribution in [1.29, 1.82) is 5.26 Å². The summed E-state index contributed by atoms with van der Waals surface area (Å²) in [6.07, 6.45) is 0. The van der Waals surface area contributed by atoms with Gasteiger partial charge in [0, 0.05) is 0 Å². The molecule has 88 valence electrons. The number of hydrogen-bond acceptors (Lipinski definition) is 6. The van der Waals surface area contributed by atoms with Crippen molar-refractivity contribution in [2.45, 2.75) is 0 Å². The maximum Gasteiger partial charge on any atom is 0.369 e. The highest BCUT2D eigenvalue weighted by molar-refractivity contribution is 6.43. The number of nitrogens with one attached hydrogen (secondary N) is 1. The number of benzene rings is 1. The fourth-order valence-corrected chi connectivity index (χ4v) is 1.07. The molecule has 1 aromatic rings. The van der Waals surface area contributed by atoms with Crippen LogP contribution in [0.1, 0.15) is 0 Å². The molecule has 0 unspecified atom stereocenters. The molecule has 17 heavy (non-hydrogen) atoms. The van der Waals surface area contributed by atoms with Gasteiger partial charge in [-0.2, -0.15) is 10.4 Å². The van der Waals surface area contributed by atoms with Crippen LogP contribution < -0.4 is 10.2 Å². The first kappa shape index (κ1) is 12.5. The fourth-order valence-electron chi connectivity index (χ4n) is 1.07. The highest BCUT2D eigenvalue weighted by Gasteiger charge is 2.10. The molecule has 0 spiro atoms. The second-order valence-corrected chi connectivity index (χ2v) is 2.88. The smallest absolute Gasteiger partial charge is 0.369 e. The normalized spacial score (nSPS) is 10.3. The van der Waals surface area contributed by atoms with Crippen LogP contribution in [0.4, 0.5) is 5.69 Å². The van der Waals surface area contributed by atoms with Crippen LogP contribution in [-0.4, -0.2) is 25.9 Å². The van der Waals surface area contributed by atoms with E-state index in [1.807, 2.05) is 0 Å². The molecule has 0 radical (unpaired) electrons. The number of methoxy groups -OCH3 is 2. The van der Waals surface area contributed by atoms with Crippen molar-refractivity contribution in [2.24, 2.45) is 5.10 Å². The highest BCUT2D eigenvalue weighted by atomic mass is 16.5. The van der Waals surface area contributed by atoms with Crippen LogP contribution in [0.15, 0.2) is 29.4 Å². The molecule has 0 aromatic heterocycles. The van der Waals surface area contributed by atoms with Crippen molar-refractivity contribution in [3.63, 3.8) is 0 Å². The van der Waals surface area contributed by atoms with Gasteiger partial charge >= 0.3 is 5.97 Å². The summed E-state index contributed by atoms with van der Waals surface area (Å²) in [6, 6.07) is 8.62. The molecule has 6 nitrogen and oxygen atoms in total. The molecule has 0 bridgehead atoms. The highest BCUT2D eigenvalue weighted by Crippen LogP contribution is 2.22. The standard InChI is InChI=1S/C11H11N3O3/c1-16-10-6-4-3-5-8(10)13-14-9(7-12)11(15)17-2/h3-6,13H,1-2H3. The third-order valence-electron chi connectivity index (χ3n) is 1.88. The number of nitriles is 1. The minimum Gasteiger partial charge on any atom is -0.495 e. The summed E-state index contributed by atoms with van der Waals surface area (Å²) >= 11 is 0. The molecule has 1 aromatic carbocycles. The Morgan fingerprint density at radius 3 is 2.71 bits per heavy atom. The Balaban J connectivity index is 2.88. The predicted octanol–water partition coefficient (Wildman–Crippen LogP) is 1.16. The van der Waals surface area contributed by atoms with Crippen molar-refractivity contribution >= 4 is 17.4 Å². The maximum atomic E-state index is 11.1. The molecule has 0 heterocycles. The number of hydrazone groups is 1. The van der Waals surface area contributed by atoms with Gasteiger partial charge in [0.05, 0.1) is 19.9 Å². The van der Waals surface area contributed by atoms with Gasteiger partial charge in [0.2, 0.25) is 5.71 Å². The Bertz CT molecular complexity index is 477. The van der Waals surface area contributed by atoms with Gasteiger partial charge in [-0.25, -0.2) is 4.79 Å². The summed E-state index contributed by atoms with van der Waals surface area (Å²) in [5.74, 6) is -0.242. The number of esters is 1. The van der Waals surface area contributed by atoms with E-state index in [-0.39, 0.29) is 5.71 Å². The first-order chi connectivity index (χ1) is 8.22. The molecule has 0 fully saturated rings. The fraction of sp³-hybridized carbons (Fsp3) is 0.182. The van der Waals surface area contributed by atoms with E-state index in [0.29, 0.717) is 11.4 Å². The Labute approximate surface area is 98.5 Å². The Morgan fingerprint density at radius 2 is 2.12 bits per heavy atom. The monoisotopic (exact) mass is 233 g/mol. The average Bonchev–Trinajstić information content (AvgIpc) is 2.39. The number of para-hydroxylation sites is 2. The predicted molar refractivity (Wildman–Crippen MR) is 61.7 cm³/mol. The topological polar surface area (TPSA) is 83.7 Å². The first-order valence-corrected chi connectivity index (χ1v) is 4.68. The lowest BCUT2D eigenvalue weighted by molar-refractivity contribution is -0.132. The molecule has 1 N–H and O–H groups in total. The molecular weight excluding hydrogens is 222 g/mol. The number of anilines is 1. The van der Waals surface area contributed by atoms with Crippen LogP contribution in [0, 0.1) is 11.3 Å². The van der Waals surface area contributed by atoms with Gasteiger partial charge in [0.25, 0.3) is 0 Å². The van der Waals surface area contributed by atoms with Crippen molar-refractivity contribution < 1.29 is 14.3 Å². The number of hydrogen-bond donors (Lipinski definition) is 1. The third-order valence-corrected chi connectivity index (χ3v) is 1.88. The van der Waals surface area contributed by atoms with Crippen molar-refractivity contribution in [3.05, 3.63) is 24.3 Å². The second kappa shape index (κ2) is 6.12. The Kier molecular flexibility index (Phi) is 4.51. The average molecular weight is 233 g/mol. The van der Waals surface area contributed by atoms with Gasteiger partial charge in [-0.05, 0) is 12.1 Å². The van der Waals surface area contributed by atoms with Gasteiger partial charge < -0.3 is 9.47 Å². The quantitative estimate of drug-likeness (QED) is 0.479. The summed E-state index contributed by atoms with van der Waals surface area (Å²) in [6.45, 7) is 0. The van der Waals surface area contributed by atoms with Gasteiger partial charge in [0.1, 0.15) is 11.8 Å². The van der Waals surface area contributed by atoms with Gasteiger partial charge in [-0.15, -0.1) is 0 Å². The van der Waals surface area contributed by atoms with E-state index < -0.39 is 5.97 Å². The molecule has 0 aliphatic rings.